The van der Waals surface area contributed by atoms with Gasteiger partial charge in [0.05, 0.1) is 10.6 Å². The lowest BCUT2D eigenvalue weighted by Gasteiger charge is -2.13. The van der Waals surface area contributed by atoms with Gasteiger partial charge in [0.2, 0.25) is 0 Å². The van der Waals surface area contributed by atoms with Gasteiger partial charge in [-0.15, -0.1) is 17.9 Å². The van der Waals surface area contributed by atoms with Crippen LogP contribution < -0.4 is 10.7 Å². The lowest BCUT2D eigenvalue weighted by molar-refractivity contribution is 0.0926. The molecule has 0 saturated carbocycles. The lowest BCUT2D eigenvalue weighted by atomic mass is 9.93. The molecule has 25 heavy (non-hydrogen) atoms. The van der Waals surface area contributed by atoms with Crippen molar-refractivity contribution in [1.29, 1.82) is 0 Å². The van der Waals surface area contributed by atoms with E-state index < -0.39 is 0 Å². The van der Waals surface area contributed by atoms with Crippen LogP contribution in [0, 0.1) is 6.92 Å². The van der Waals surface area contributed by atoms with Gasteiger partial charge in [-0.3, -0.25) is 9.59 Å². The van der Waals surface area contributed by atoms with Gasteiger partial charge in [-0.2, -0.15) is 5.10 Å². The zero-order valence-corrected chi connectivity index (χ0v) is 14.7. The van der Waals surface area contributed by atoms with Crippen LogP contribution in [-0.4, -0.2) is 24.1 Å². The molecular weight excluding hydrogens is 338 g/mol. The molecule has 2 N–H and O–H groups in total. The molecule has 2 heterocycles. The summed E-state index contributed by atoms with van der Waals surface area (Å²) >= 11 is 1.36. The number of nitrogens with zero attached hydrogens (tertiary/aromatic N) is 1. The zero-order chi connectivity index (χ0) is 17.8. The molecule has 130 valence electrons. The molecule has 0 saturated heterocycles. The van der Waals surface area contributed by atoms with Crippen molar-refractivity contribution in [3.8, 4) is 0 Å². The monoisotopic (exact) mass is 357 g/mol. The Labute approximate surface area is 149 Å². The van der Waals surface area contributed by atoms with E-state index in [1.54, 1.807) is 12.1 Å². The first-order valence-corrected chi connectivity index (χ1v) is 8.92. The number of carbonyl (C=O) groups excluding carboxylic acids is 2. The minimum atomic E-state index is -0.270. The van der Waals surface area contributed by atoms with Crippen molar-refractivity contribution in [3.63, 3.8) is 0 Å². The Kier molecular flexibility index (Phi) is 5.14. The van der Waals surface area contributed by atoms with Crippen LogP contribution in [-0.2, 0) is 6.42 Å². The maximum Gasteiger partial charge on any atom is 0.287 e. The molecule has 0 spiro atoms. The number of fused-ring (bicyclic) bond motifs is 1. The van der Waals surface area contributed by atoms with Crippen LogP contribution in [0.5, 0.6) is 0 Å². The molecule has 6 nitrogen and oxygen atoms in total. The Bertz CT molecular complexity index is 834. The third-order valence-electron chi connectivity index (χ3n) is 3.98. The normalized spacial score (nSPS) is 14.8. The molecular formula is C18H19N3O3S. The van der Waals surface area contributed by atoms with Gasteiger partial charge >= 0.3 is 0 Å². The molecule has 0 radical (unpaired) electrons. The van der Waals surface area contributed by atoms with E-state index in [2.05, 4.69) is 22.4 Å². The predicted molar refractivity (Wildman–Crippen MR) is 97.2 cm³/mol. The molecule has 1 aliphatic carbocycles. The van der Waals surface area contributed by atoms with Gasteiger partial charge in [-0.1, -0.05) is 12.1 Å². The SMILES string of the molecule is C=CCNC(=O)c1oc2c(c1C)/C(=N/NC(=O)c1cccs1)CCC2. The summed E-state index contributed by atoms with van der Waals surface area (Å²) in [5.41, 5.74) is 4.93. The van der Waals surface area contributed by atoms with Crippen molar-refractivity contribution in [2.24, 2.45) is 5.10 Å². The van der Waals surface area contributed by atoms with E-state index in [1.165, 1.54) is 11.3 Å². The van der Waals surface area contributed by atoms with E-state index in [0.717, 1.165) is 41.9 Å². The van der Waals surface area contributed by atoms with Crippen molar-refractivity contribution in [3.05, 3.63) is 57.7 Å². The number of nitrogens with one attached hydrogen (secondary N) is 2. The number of hydrazone groups is 1. The first-order chi connectivity index (χ1) is 12.1. The van der Waals surface area contributed by atoms with E-state index in [-0.39, 0.29) is 11.8 Å². The number of rotatable bonds is 5. The number of hydrogen-bond donors (Lipinski definition) is 2. The van der Waals surface area contributed by atoms with Crippen LogP contribution in [0.15, 0.2) is 39.7 Å². The Balaban J connectivity index is 1.84. The second kappa shape index (κ2) is 7.48. The van der Waals surface area contributed by atoms with Gasteiger partial charge in [0, 0.05) is 24.1 Å². The summed E-state index contributed by atoms with van der Waals surface area (Å²) in [5, 5.41) is 8.86. The lowest BCUT2D eigenvalue weighted by Crippen LogP contribution is -2.23. The smallest absolute Gasteiger partial charge is 0.287 e. The number of thiophene rings is 1. The Morgan fingerprint density at radius 2 is 2.24 bits per heavy atom. The highest BCUT2D eigenvalue weighted by Crippen LogP contribution is 2.29. The fourth-order valence-corrected chi connectivity index (χ4v) is 3.44. The van der Waals surface area contributed by atoms with Crippen molar-refractivity contribution in [2.75, 3.05) is 6.54 Å². The van der Waals surface area contributed by atoms with Crippen LogP contribution in [0.2, 0.25) is 0 Å². The van der Waals surface area contributed by atoms with Crippen molar-refractivity contribution in [1.82, 2.24) is 10.7 Å². The fourth-order valence-electron chi connectivity index (χ4n) is 2.82. The Hall–Kier alpha value is -2.67. The van der Waals surface area contributed by atoms with Crippen LogP contribution in [0.3, 0.4) is 0 Å². The highest BCUT2D eigenvalue weighted by Gasteiger charge is 2.27. The van der Waals surface area contributed by atoms with Gasteiger partial charge < -0.3 is 9.73 Å². The summed E-state index contributed by atoms with van der Waals surface area (Å²) in [7, 11) is 0. The number of aryl methyl sites for hydroxylation is 1. The summed E-state index contributed by atoms with van der Waals surface area (Å²) in [6, 6.07) is 3.57. The largest absolute Gasteiger partial charge is 0.455 e. The molecule has 0 aliphatic heterocycles. The topological polar surface area (TPSA) is 83.7 Å². The summed E-state index contributed by atoms with van der Waals surface area (Å²) in [6.45, 7) is 5.80. The van der Waals surface area contributed by atoms with E-state index in [4.69, 9.17) is 4.42 Å². The van der Waals surface area contributed by atoms with Gasteiger partial charge in [-0.25, -0.2) is 5.43 Å². The zero-order valence-electron chi connectivity index (χ0n) is 13.9. The maximum absolute atomic E-state index is 12.2. The summed E-state index contributed by atoms with van der Waals surface area (Å²) < 4.78 is 5.77. The molecule has 2 aromatic heterocycles. The molecule has 3 rings (SSSR count). The first-order valence-electron chi connectivity index (χ1n) is 8.04. The number of furan rings is 1. The minimum Gasteiger partial charge on any atom is -0.455 e. The van der Waals surface area contributed by atoms with E-state index in [1.807, 2.05) is 18.4 Å². The molecule has 0 bridgehead atoms. The van der Waals surface area contributed by atoms with Crippen LogP contribution in [0.25, 0.3) is 0 Å². The van der Waals surface area contributed by atoms with Gasteiger partial charge in [0.1, 0.15) is 5.76 Å². The highest BCUT2D eigenvalue weighted by atomic mass is 32.1. The molecule has 0 atom stereocenters. The summed E-state index contributed by atoms with van der Waals surface area (Å²) in [5.74, 6) is 0.538. The van der Waals surface area contributed by atoms with E-state index in [0.29, 0.717) is 17.2 Å². The minimum absolute atomic E-state index is 0.236. The second-order valence-electron chi connectivity index (χ2n) is 5.68. The number of amides is 2. The number of carbonyl (C=O) groups is 2. The van der Waals surface area contributed by atoms with Crippen LogP contribution in [0.1, 0.15) is 50.0 Å². The highest BCUT2D eigenvalue weighted by molar-refractivity contribution is 7.12. The third kappa shape index (κ3) is 3.56. The predicted octanol–water partition coefficient (Wildman–Crippen LogP) is 3.04. The fraction of sp³-hybridized carbons (Fsp3) is 0.278. The first kappa shape index (κ1) is 17.2. The van der Waals surface area contributed by atoms with E-state index in [9.17, 15) is 9.59 Å². The molecule has 0 fully saturated rings. The van der Waals surface area contributed by atoms with Crippen molar-refractivity contribution >= 4 is 28.9 Å². The molecule has 1 aliphatic rings. The third-order valence-corrected chi connectivity index (χ3v) is 4.84. The maximum atomic E-state index is 12.2. The quantitative estimate of drug-likeness (QED) is 0.637. The van der Waals surface area contributed by atoms with Crippen LogP contribution >= 0.6 is 11.3 Å². The Morgan fingerprint density at radius 1 is 1.40 bits per heavy atom. The second-order valence-corrected chi connectivity index (χ2v) is 6.63. The van der Waals surface area contributed by atoms with Gasteiger partial charge in [0.25, 0.3) is 11.8 Å². The Morgan fingerprint density at radius 3 is 2.96 bits per heavy atom. The summed E-state index contributed by atoms with van der Waals surface area (Å²) in [6.07, 6.45) is 3.96. The molecule has 7 heteroatoms. The van der Waals surface area contributed by atoms with Gasteiger partial charge in [0.15, 0.2) is 5.76 Å². The average Bonchev–Trinajstić information content (AvgIpc) is 3.26. The van der Waals surface area contributed by atoms with Crippen LogP contribution in [0.4, 0.5) is 0 Å². The summed E-state index contributed by atoms with van der Waals surface area (Å²) in [4.78, 5) is 24.9. The molecule has 2 aromatic rings. The molecule has 2 amide bonds. The number of hydrogen-bond acceptors (Lipinski definition) is 5. The standard InChI is InChI=1S/C18H19N3O3S/c1-3-9-19-18(23)16-11(2)15-12(6-4-7-13(15)24-16)20-21-17(22)14-8-5-10-25-14/h3,5,8,10H,1,4,6-7,9H2,2H3,(H,19,23)(H,21,22)/b20-12+. The van der Waals surface area contributed by atoms with Gasteiger partial charge in [-0.05, 0) is 31.2 Å². The molecule has 0 aromatic carbocycles. The van der Waals surface area contributed by atoms with Crippen molar-refractivity contribution < 1.29 is 14.0 Å². The van der Waals surface area contributed by atoms with Crippen molar-refractivity contribution in [2.45, 2.75) is 26.2 Å². The average molecular weight is 357 g/mol. The molecule has 0 unspecified atom stereocenters. The van der Waals surface area contributed by atoms with E-state index >= 15 is 0 Å².